The van der Waals surface area contributed by atoms with E-state index < -0.39 is 0 Å². The Morgan fingerprint density at radius 3 is 2.84 bits per heavy atom. The zero-order chi connectivity index (χ0) is 18.2. The number of aromatic nitrogens is 3. The molecule has 1 amide bonds. The highest BCUT2D eigenvalue weighted by atomic mass is 32.2. The van der Waals surface area contributed by atoms with Crippen LogP contribution in [0.3, 0.4) is 0 Å². The number of nitrogens with zero attached hydrogens (tertiary/aromatic N) is 2. The predicted molar refractivity (Wildman–Crippen MR) is 96.7 cm³/mol. The van der Waals surface area contributed by atoms with Crippen LogP contribution in [0.5, 0.6) is 11.5 Å². The zero-order valence-electron chi connectivity index (χ0n) is 14.5. The third-order valence-corrected chi connectivity index (χ3v) is 4.45. The molecule has 0 spiro atoms. The number of amides is 1. The molecule has 0 saturated heterocycles. The van der Waals surface area contributed by atoms with Gasteiger partial charge in [0.1, 0.15) is 11.5 Å². The second-order valence-corrected chi connectivity index (χ2v) is 6.16. The largest absolute Gasteiger partial charge is 0.497 e. The highest BCUT2D eigenvalue weighted by Gasteiger charge is 2.13. The van der Waals surface area contributed by atoms with Crippen molar-refractivity contribution in [3.8, 4) is 11.5 Å². The van der Waals surface area contributed by atoms with Crippen molar-refractivity contribution in [2.75, 3.05) is 25.3 Å². The molecule has 0 radical (unpaired) electrons. The van der Waals surface area contributed by atoms with Crippen LogP contribution in [0.1, 0.15) is 19.8 Å². The molecule has 0 atom stereocenters. The third kappa shape index (κ3) is 5.02. The van der Waals surface area contributed by atoms with Gasteiger partial charge in [-0.2, -0.15) is 0 Å². The number of anilines is 1. The first-order chi connectivity index (χ1) is 12.1. The van der Waals surface area contributed by atoms with Crippen LogP contribution in [0.15, 0.2) is 28.2 Å². The summed E-state index contributed by atoms with van der Waals surface area (Å²) >= 11 is 1.21. The quantitative estimate of drug-likeness (QED) is 0.660. The number of methoxy groups -OCH3 is 2. The molecule has 2 N–H and O–H groups in total. The van der Waals surface area contributed by atoms with Gasteiger partial charge in [0.05, 0.1) is 25.7 Å². The van der Waals surface area contributed by atoms with E-state index in [4.69, 9.17) is 9.47 Å². The maximum absolute atomic E-state index is 12.2. The summed E-state index contributed by atoms with van der Waals surface area (Å²) in [6, 6.07) is 5.15. The van der Waals surface area contributed by atoms with Crippen molar-refractivity contribution in [1.82, 2.24) is 14.8 Å². The van der Waals surface area contributed by atoms with Gasteiger partial charge in [0.2, 0.25) is 5.91 Å². The lowest BCUT2D eigenvalue weighted by atomic mass is 10.2. The van der Waals surface area contributed by atoms with E-state index in [0.717, 1.165) is 12.8 Å². The van der Waals surface area contributed by atoms with E-state index in [1.165, 1.54) is 18.9 Å². The molecule has 8 nitrogen and oxygen atoms in total. The average molecular weight is 366 g/mol. The number of carbonyl (C=O) groups excluding carboxylic acids is 1. The molecule has 0 saturated carbocycles. The third-order valence-electron chi connectivity index (χ3n) is 3.47. The molecule has 0 unspecified atom stereocenters. The Bertz CT molecular complexity index is 772. The van der Waals surface area contributed by atoms with Gasteiger partial charge in [-0.1, -0.05) is 25.1 Å². The van der Waals surface area contributed by atoms with E-state index in [2.05, 4.69) is 15.5 Å². The number of H-pyrrole nitrogens is 1. The van der Waals surface area contributed by atoms with Crippen LogP contribution >= 0.6 is 11.8 Å². The van der Waals surface area contributed by atoms with Crippen molar-refractivity contribution >= 4 is 23.4 Å². The topological polar surface area (TPSA) is 98.2 Å². The van der Waals surface area contributed by atoms with Crippen molar-refractivity contribution in [2.24, 2.45) is 0 Å². The number of ether oxygens (including phenoxy) is 2. The molecule has 0 fully saturated rings. The maximum Gasteiger partial charge on any atom is 0.343 e. The van der Waals surface area contributed by atoms with E-state index in [1.54, 1.807) is 29.9 Å². The van der Waals surface area contributed by atoms with Gasteiger partial charge >= 0.3 is 5.69 Å². The minimum Gasteiger partial charge on any atom is -0.497 e. The van der Waals surface area contributed by atoms with Gasteiger partial charge in [0.25, 0.3) is 0 Å². The lowest BCUT2D eigenvalue weighted by molar-refractivity contribution is -0.113. The lowest BCUT2D eigenvalue weighted by Gasteiger charge is -2.11. The molecule has 0 aliphatic carbocycles. The molecule has 1 aromatic carbocycles. The van der Waals surface area contributed by atoms with Gasteiger partial charge in [0, 0.05) is 12.6 Å². The number of benzene rings is 1. The van der Waals surface area contributed by atoms with Crippen LogP contribution in [0, 0.1) is 0 Å². The minimum absolute atomic E-state index is 0.131. The Kier molecular flexibility index (Phi) is 6.93. The first-order valence-corrected chi connectivity index (χ1v) is 8.87. The van der Waals surface area contributed by atoms with Gasteiger partial charge < -0.3 is 14.8 Å². The summed E-state index contributed by atoms with van der Waals surface area (Å²) < 4.78 is 11.9. The summed E-state index contributed by atoms with van der Waals surface area (Å²) in [5.74, 6) is 1.06. The standard InChI is InChI=1S/C16H22N4O4S/c1-4-5-8-20-15(22)18-19-16(20)25-10-14(21)17-12-7-6-11(23-2)9-13(12)24-3/h6-7,9H,4-5,8,10H2,1-3H3,(H,17,21)(H,18,22). The van der Waals surface area contributed by atoms with Crippen LogP contribution in [-0.2, 0) is 11.3 Å². The average Bonchev–Trinajstić information content (AvgIpc) is 2.98. The van der Waals surface area contributed by atoms with E-state index in [-0.39, 0.29) is 17.3 Å². The predicted octanol–water partition coefficient (Wildman–Crippen LogP) is 2.12. The summed E-state index contributed by atoms with van der Waals surface area (Å²) in [5, 5.41) is 9.69. The Hall–Kier alpha value is -2.42. The van der Waals surface area contributed by atoms with Gasteiger partial charge in [0.15, 0.2) is 5.16 Å². The summed E-state index contributed by atoms with van der Waals surface area (Å²) in [7, 11) is 3.08. The van der Waals surface area contributed by atoms with E-state index in [9.17, 15) is 9.59 Å². The van der Waals surface area contributed by atoms with Gasteiger partial charge in [-0.15, -0.1) is 5.10 Å². The smallest absolute Gasteiger partial charge is 0.343 e. The number of hydrogen-bond donors (Lipinski definition) is 2. The molecule has 2 aromatic rings. The SMILES string of the molecule is CCCCn1c(SCC(=O)Nc2ccc(OC)cc2OC)n[nH]c1=O. The Morgan fingerprint density at radius 1 is 1.36 bits per heavy atom. The van der Waals surface area contributed by atoms with E-state index in [0.29, 0.717) is 28.9 Å². The van der Waals surface area contributed by atoms with Crippen LogP contribution in [0.25, 0.3) is 0 Å². The number of carbonyl (C=O) groups is 1. The molecular formula is C16H22N4O4S. The highest BCUT2D eigenvalue weighted by Crippen LogP contribution is 2.29. The summed E-state index contributed by atoms with van der Waals surface area (Å²) in [6.07, 6.45) is 1.85. The van der Waals surface area contributed by atoms with Crippen LogP contribution in [-0.4, -0.2) is 40.6 Å². The Balaban J connectivity index is 1.99. The molecule has 25 heavy (non-hydrogen) atoms. The fraction of sp³-hybridized carbons (Fsp3) is 0.438. The van der Waals surface area contributed by atoms with Crippen LogP contribution < -0.4 is 20.5 Å². The molecule has 1 aromatic heterocycles. The Morgan fingerprint density at radius 2 is 2.16 bits per heavy atom. The molecule has 0 aliphatic heterocycles. The molecule has 2 rings (SSSR count). The molecule has 1 heterocycles. The molecule has 136 valence electrons. The van der Waals surface area contributed by atoms with Gasteiger partial charge in [-0.25, -0.2) is 9.89 Å². The molecule has 0 bridgehead atoms. The molecular weight excluding hydrogens is 344 g/mol. The van der Waals surface area contributed by atoms with Crippen LogP contribution in [0.2, 0.25) is 0 Å². The van der Waals surface area contributed by atoms with Crippen molar-refractivity contribution in [3.63, 3.8) is 0 Å². The van der Waals surface area contributed by atoms with Crippen molar-refractivity contribution in [2.45, 2.75) is 31.5 Å². The lowest BCUT2D eigenvalue weighted by Crippen LogP contribution is -2.19. The van der Waals surface area contributed by atoms with Crippen LogP contribution in [0.4, 0.5) is 5.69 Å². The number of rotatable bonds is 9. The minimum atomic E-state index is -0.256. The summed E-state index contributed by atoms with van der Waals surface area (Å²) in [5.41, 5.74) is 0.299. The molecule has 9 heteroatoms. The first-order valence-electron chi connectivity index (χ1n) is 7.89. The number of aromatic amines is 1. The van der Waals surface area contributed by atoms with Crippen molar-refractivity contribution in [3.05, 3.63) is 28.7 Å². The van der Waals surface area contributed by atoms with Crippen molar-refractivity contribution < 1.29 is 14.3 Å². The number of nitrogens with one attached hydrogen (secondary N) is 2. The van der Waals surface area contributed by atoms with Gasteiger partial charge in [-0.05, 0) is 18.6 Å². The second-order valence-electron chi connectivity index (χ2n) is 5.22. The normalized spacial score (nSPS) is 10.5. The first kappa shape index (κ1) is 18.9. The number of unbranched alkanes of at least 4 members (excludes halogenated alkanes) is 1. The second kappa shape index (κ2) is 9.16. The van der Waals surface area contributed by atoms with E-state index >= 15 is 0 Å². The number of hydrogen-bond acceptors (Lipinski definition) is 6. The van der Waals surface area contributed by atoms with Crippen molar-refractivity contribution in [1.29, 1.82) is 0 Å². The van der Waals surface area contributed by atoms with Gasteiger partial charge in [-0.3, -0.25) is 9.36 Å². The molecule has 0 aliphatic rings. The summed E-state index contributed by atoms with van der Waals surface area (Å²) in [6.45, 7) is 2.63. The monoisotopic (exact) mass is 366 g/mol. The summed E-state index contributed by atoms with van der Waals surface area (Å²) in [4.78, 5) is 23.9. The fourth-order valence-electron chi connectivity index (χ4n) is 2.15. The zero-order valence-corrected chi connectivity index (χ0v) is 15.3. The fourth-order valence-corrected chi connectivity index (χ4v) is 2.92. The Labute approximate surface area is 149 Å². The van der Waals surface area contributed by atoms with E-state index in [1.807, 2.05) is 6.92 Å². The number of thioether (sulfide) groups is 1. The maximum atomic E-state index is 12.2. The highest BCUT2D eigenvalue weighted by molar-refractivity contribution is 7.99.